The normalized spacial score (nSPS) is 11.2. The molecule has 7 heteroatoms. The molecule has 0 saturated carbocycles. The molecule has 0 radical (unpaired) electrons. The fraction of sp³-hybridized carbons (Fsp3) is 0.455. The van der Waals surface area contributed by atoms with Gasteiger partial charge in [0.15, 0.2) is 0 Å². The van der Waals surface area contributed by atoms with Crippen molar-refractivity contribution < 1.29 is 0 Å². The number of hydrogen-bond donors (Lipinski definition) is 0. The average molecular weight is 397 g/mol. The van der Waals surface area contributed by atoms with Crippen LogP contribution in [0.5, 0.6) is 0 Å². The summed E-state index contributed by atoms with van der Waals surface area (Å²) in [5.41, 5.74) is 1.93. The van der Waals surface area contributed by atoms with Crippen molar-refractivity contribution in [3.63, 3.8) is 0 Å². The highest BCUT2D eigenvalue weighted by molar-refractivity contribution is 9.11. The quantitative estimate of drug-likeness (QED) is 0.786. The van der Waals surface area contributed by atoms with E-state index in [0.717, 1.165) is 38.6 Å². The van der Waals surface area contributed by atoms with E-state index in [1.807, 2.05) is 15.4 Å². The lowest BCUT2D eigenvalue weighted by Gasteiger charge is -2.06. The first-order valence-electron chi connectivity index (χ1n) is 5.69. The van der Waals surface area contributed by atoms with Gasteiger partial charge in [-0.05, 0) is 45.2 Å². The Labute approximate surface area is 128 Å². The molecule has 0 amide bonds. The van der Waals surface area contributed by atoms with E-state index in [1.54, 1.807) is 0 Å². The van der Waals surface area contributed by atoms with Gasteiger partial charge in [-0.25, -0.2) is 0 Å². The molecule has 4 nitrogen and oxygen atoms in total. The van der Waals surface area contributed by atoms with Crippen LogP contribution < -0.4 is 0 Å². The first-order valence-corrected chi connectivity index (χ1v) is 7.66. The molecule has 0 aromatic carbocycles. The summed E-state index contributed by atoms with van der Waals surface area (Å²) in [6.07, 6.45) is 0.836. The van der Waals surface area contributed by atoms with E-state index >= 15 is 0 Å². The van der Waals surface area contributed by atoms with Gasteiger partial charge < -0.3 is 0 Å². The van der Waals surface area contributed by atoms with Crippen molar-refractivity contribution in [1.82, 2.24) is 19.6 Å². The largest absolute Gasteiger partial charge is 0.266 e. The minimum absolute atomic E-state index is 0.603. The lowest BCUT2D eigenvalue weighted by molar-refractivity contribution is 0.568. The van der Waals surface area contributed by atoms with Crippen molar-refractivity contribution in [3.05, 3.63) is 31.7 Å². The van der Waals surface area contributed by atoms with Gasteiger partial charge in [0.25, 0.3) is 0 Å². The summed E-state index contributed by atoms with van der Waals surface area (Å²) in [5.74, 6) is 0. The van der Waals surface area contributed by atoms with Gasteiger partial charge in [-0.3, -0.25) is 9.36 Å². The zero-order chi connectivity index (χ0) is 13.3. The summed E-state index contributed by atoms with van der Waals surface area (Å²) < 4.78 is 5.48. The predicted octanol–water partition coefficient (Wildman–Crippen LogP) is 3.89. The maximum Gasteiger partial charge on any atom is 0.129 e. The summed E-state index contributed by atoms with van der Waals surface area (Å²) in [6.45, 7) is 5.51. The molecule has 2 aromatic rings. The SMILES string of the molecule is CCc1nn(CC)c(Cn2nc(Br)cc2Br)c1Cl. The Hall–Kier alpha value is -0.330. The Balaban J connectivity index is 2.39. The van der Waals surface area contributed by atoms with E-state index in [1.165, 1.54) is 0 Å². The molecule has 0 fully saturated rings. The number of halogens is 3. The van der Waals surface area contributed by atoms with Gasteiger partial charge in [-0.15, -0.1) is 0 Å². The molecule has 0 aliphatic heterocycles. The van der Waals surface area contributed by atoms with Crippen LogP contribution in [0.2, 0.25) is 5.02 Å². The number of aryl methyl sites for hydroxylation is 2. The molecule has 0 aliphatic rings. The van der Waals surface area contributed by atoms with E-state index in [4.69, 9.17) is 11.6 Å². The predicted molar refractivity (Wildman–Crippen MR) is 79.0 cm³/mol. The van der Waals surface area contributed by atoms with Crippen LogP contribution in [-0.2, 0) is 19.5 Å². The summed E-state index contributed by atoms with van der Waals surface area (Å²) in [6, 6.07) is 1.90. The summed E-state index contributed by atoms with van der Waals surface area (Å²) >= 11 is 13.2. The molecular weight excluding hydrogens is 383 g/mol. The third kappa shape index (κ3) is 2.65. The number of hydrogen-bond acceptors (Lipinski definition) is 2. The minimum atomic E-state index is 0.603. The molecule has 2 rings (SSSR count). The zero-order valence-corrected chi connectivity index (χ0v) is 14.0. The molecule has 0 unspecified atom stereocenters. The monoisotopic (exact) mass is 394 g/mol. The van der Waals surface area contributed by atoms with Gasteiger partial charge in [0.1, 0.15) is 9.21 Å². The molecule has 0 bridgehead atoms. The van der Waals surface area contributed by atoms with Crippen LogP contribution in [0.4, 0.5) is 0 Å². The molecule has 2 heterocycles. The lowest BCUT2D eigenvalue weighted by Crippen LogP contribution is -2.09. The smallest absolute Gasteiger partial charge is 0.129 e. The summed E-state index contributed by atoms with van der Waals surface area (Å²) in [5, 5.41) is 9.59. The van der Waals surface area contributed by atoms with Crippen LogP contribution in [0.1, 0.15) is 25.2 Å². The Morgan fingerprint density at radius 1 is 1.22 bits per heavy atom. The molecule has 0 spiro atoms. The maximum atomic E-state index is 6.37. The molecule has 2 aromatic heterocycles. The van der Waals surface area contributed by atoms with Gasteiger partial charge in [-0.1, -0.05) is 18.5 Å². The second kappa shape index (κ2) is 5.75. The first kappa shape index (κ1) is 14.1. The highest BCUT2D eigenvalue weighted by atomic mass is 79.9. The van der Waals surface area contributed by atoms with Gasteiger partial charge in [0, 0.05) is 12.6 Å². The molecule has 98 valence electrons. The summed E-state index contributed by atoms with van der Waals surface area (Å²) in [7, 11) is 0. The van der Waals surface area contributed by atoms with Crippen molar-refractivity contribution in [2.75, 3.05) is 0 Å². The standard InChI is InChI=1S/C11H13Br2ClN4/c1-3-7-11(14)8(17(4-2)15-7)6-18-10(13)5-9(12)16-18/h5H,3-4,6H2,1-2H3. The molecule has 0 saturated heterocycles. The van der Waals surface area contributed by atoms with Crippen LogP contribution >= 0.6 is 43.5 Å². The first-order chi connectivity index (χ1) is 8.56. The van der Waals surface area contributed by atoms with Crippen molar-refractivity contribution in [2.24, 2.45) is 0 Å². The van der Waals surface area contributed by atoms with Crippen molar-refractivity contribution in [2.45, 2.75) is 33.4 Å². The number of rotatable bonds is 4. The van der Waals surface area contributed by atoms with Gasteiger partial charge in [0.05, 0.1) is 23.0 Å². The van der Waals surface area contributed by atoms with E-state index in [9.17, 15) is 0 Å². The van der Waals surface area contributed by atoms with Crippen LogP contribution in [0.3, 0.4) is 0 Å². The Morgan fingerprint density at radius 3 is 2.44 bits per heavy atom. The van der Waals surface area contributed by atoms with Gasteiger partial charge in [0.2, 0.25) is 0 Å². The molecular formula is C11H13Br2ClN4. The highest BCUT2D eigenvalue weighted by Crippen LogP contribution is 2.24. The topological polar surface area (TPSA) is 35.6 Å². The fourth-order valence-electron chi connectivity index (χ4n) is 1.79. The van der Waals surface area contributed by atoms with Gasteiger partial charge >= 0.3 is 0 Å². The van der Waals surface area contributed by atoms with Crippen LogP contribution in [0, 0.1) is 0 Å². The van der Waals surface area contributed by atoms with Crippen molar-refractivity contribution >= 4 is 43.5 Å². The zero-order valence-electron chi connectivity index (χ0n) is 10.1. The maximum absolute atomic E-state index is 6.37. The second-order valence-corrected chi connectivity index (χ2v) is 5.83. The van der Waals surface area contributed by atoms with E-state index < -0.39 is 0 Å². The van der Waals surface area contributed by atoms with Crippen molar-refractivity contribution in [3.8, 4) is 0 Å². The van der Waals surface area contributed by atoms with E-state index in [0.29, 0.717) is 6.54 Å². The average Bonchev–Trinajstić information content (AvgIpc) is 2.81. The number of aromatic nitrogens is 4. The van der Waals surface area contributed by atoms with E-state index in [-0.39, 0.29) is 0 Å². The fourth-order valence-corrected chi connectivity index (χ4v) is 3.25. The highest BCUT2D eigenvalue weighted by Gasteiger charge is 2.16. The van der Waals surface area contributed by atoms with E-state index in [2.05, 4.69) is 55.9 Å². The van der Waals surface area contributed by atoms with Crippen LogP contribution in [0.15, 0.2) is 15.3 Å². The third-order valence-corrected chi connectivity index (χ3v) is 4.16. The molecule has 0 N–H and O–H groups in total. The minimum Gasteiger partial charge on any atom is -0.266 e. The lowest BCUT2D eigenvalue weighted by atomic mass is 10.3. The Kier molecular flexibility index (Phi) is 4.50. The molecule has 0 atom stereocenters. The van der Waals surface area contributed by atoms with Crippen LogP contribution in [-0.4, -0.2) is 19.6 Å². The van der Waals surface area contributed by atoms with Gasteiger partial charge in [-0.2, -0.15) is 10.2 Å². The third-order valence-electron chi connectivity index (χ3n) is 2.69. The molecule has 18 heavy (non-hydrogen) atoms. The van der Waals surface area contributed by atoms with Crippen LogP contribution in [0.25, 0.3) is 0 Å². The second-order valence-electron chi connectivity index (χ2n) is 3.82. The summed E-state index contributed by atoms with van der Waals surface area (Å²) in [4.78, 5) is 0. The number of nitrogens with zero attached hydrogens (tertiary/aromatic N) is 4. The Morgan fingerprint density at radius 2 is 1.94 bits per heavy atom. The van der Waals surface area contributed by atoms with Crippen molar-refractivity contribution in [1.29, 1.82) is 0 Å². The molecule has 0 aliphatic carbocycles. The Bertz CT molecular complexity index is 562.